The van der Waals surface area contributed by atoms with E-state index in [2.05, 4.69) is 27.7 Å². The maximum Gasteiger partial charge on any atom is 0.0594 e. The second-order valence-electron chi connectivity index (χ2n) is 10.6. The third-order valence-corrected chi connectivity index (χ3v) is 12.5. The summed E-state index contributed by atoms with van der Waals surface area (Å²) in [5, 5.41) is 0. The lowest BCUT2D eigenvalue weighted by Crippen LogP contribution is -2.13. The average molecular weight is 456 g/mol. The molecule has 1 heteroatoms. The second-order valence-corrected chi connectivity index (χ2v) is 15.1. The lowest BCUT2D eigenvalue weighted by molar-refractivity contribution is 0.598. The van der Waals surface area contributed by atoms with Crippen molar-refractivity contribution in [1.82, 2.24) is 0 Å². The minimum atomic E-state index is -0.699. The molecule has 0 saturated carbocycles. The topological polar surface area (TPSA) is 0 Å². The first-order chi connectivity index (χ1) is 15.2. The highest BCUT2D eigenvalue weighted by molar-refractivity contribution is 7.75. The summed E-state index contributed by atoms with van der Waals surface area (Å²) in [4.78, 5) is 0. The monoisotopic (exact) mass is 455 g/mol. The molecule has 0 rings (SSSR count). The normalized spacial score (nSPS) is 12.0. The Labute approximate surface area is 200 Å². The molecule has 0 spiro atoms. The van der Waals surface area contributed by atoms with Gasteiger partial charge in [0.15, 0.2) is 0 Å². The van der Waals surface area contributed by atoms with Crippen LogP contribution >= 0.6 is 7.26 Å². The van der Waals surface area contributed by atoms with Crippen molar-refractivity contribution in [3.05, 3.63) is 0 Å². The number of hydrogen-bond donors (Lipinski definition) is 0. The number of rotatable bonds is 26. The molecular weight excluding hydrogens is 391 g/mol. The third-order valence-electron chi connectivity index (χ3n) is 7.44. The van der Waals surface area contributed by atoms with Crippen LogP contribution in [0, 0.1) is 0 Å². The fraction of sp³-hybridized carbons (Fsp3) is 1.00. The maximum atomic E-state index is 2.37. The Bertz CT molecular complexity index is 292. The first kappa shape index (κ1) is 31.4. The molecule has 0 aromatic heterocycles. The van der Waals surface area contributed by atoms with E-state index in [-0.39, 0.29) is 0 Å². The Morgan fingerprint density at radius 1 is 0.258 bits per heavy atom. The number of hydrogen-bond acceptors (Lipinski definition) is 0. The van der Waals surface area contributed by atoms with Crippen LogP contribution in [0.4, 0.5) is 0 Å². The molecular formula is C30H64P+. The Hall–Kier alpha value is 0.430. The van der Waals surface area contributed by atoms with Crippen molar-refractivity contribution in [3.63, 3.8) is 0 Å². The zero-order chi connectivity index (χ0) is 22.9. The van der Waals surface area contributed by atoms with Gasteiger partial charge in [0.1, 0.15) is 0 Å². The van der Waals surface area contributed by atoms with E-state index in [0.29, 0.717) is 0 Å². The quantitative estimate of drug-likeness (QED) is 0.0898. The summed E-state index contributed by atoms with van der Waals surface area (Å²) in [6, 6.07) is 0. The highest BCUT2D eigenvalue weighted by atomic mass is 31.2. The van der Waals surface area contributed by atoms with Gasteiger partial charge in [0.2, 0.25) is 0 Å². The van der Waals surface area contributed by atoms with E-state index >= 15 is 0 Å². The zero-order valence-electron chi connectivity index (χ0n) is 22.8. The molecule has 0 nitrogen and oxygen atoms in total. The number of unbranched alkanes of at least 4 members (excludes halogenated alkanes) is 18. The molecule has 0 aliphatic carbocycles. The molecule has 0 saturated heterocycles. The van der Waals surface area contributed by atoms with Crippen LogP contribution in [0.1, 0.15) is 169 Å². The van der Waals surface area contributed by atoms with Crippen LogP contribution in [-0.2, 0) is 0 Å². The van der Waals surface area contributed by atoms with E-state index in [1.807, 2.05) is 0 Å². The fourth-order valence-corrected chi connectivity index (χ4v) is 10.1. The standard InChI is InChI=1S/C30H64P/c1-5-9-13-17-19-21-25-29-31(27-23-15-11-7-3,28-24-16-12-8-4)30-26-22-20-18-14-10-6-2/h5-30H2,1-4H3/q+1. The van der Waals surface area contributed by atoms with Gasteiger partial charge in [-0.15, -0.1) is 0 Å². The first-order valence-electron chi connectivity index (χ1n) is 15.1. The van der Waals surface area contributed by atoms with Gasteiger partial charge in [0.25, 0.3) is 0 Å². The van der Waals surface area contributed by atoms with Crippen LogP contribution in [0.3, 0.4) is 0 Å². The van der Waals surface area contributed by atoms with Gasteiger partial charge in [-0.25, -0.2) is 0 Å². The minimum Gasteiger partial charge on any atom is -0.0654 e. The second kappa shape index (κ2) is 25.1. The van der Waals surface area contributed by atoms with E-state index in [9.17, 15) is 0 Å². The lowest BCUT2D eigenvalue weighted by atomic mass is 10.1. The largest absolute Gasteiger partial charge is 0.0654 e. The molecule has 0 N–H and O–H groups in total. The van der Waals surface area contributed by atoms with Crippen LogP contribution in [-0.4, -0.2) is 24.6 Å². The summed E-state index contributed by atoms with van der Waals surface area (Å²) in [5.74, 6) is 0. The van der Waals surface area contributed by atoms with Gasteiger partial charge in [0.05, 0.1) is 24.6 Å². The molecule has 0 amide bonds. The Morgan fingerprint density at radius 3 is 0.710 bits per heavy atom. The first-order valence-corrected chi connectivity index (χ1v) is 17.6. The van der Waals surface area contributed by atoms with Crippen LogP contribution < -0.4 is 0 Å². The average Bonchev–Trinajstić information content (AvgIpc) is 2.78. The predicted molar refractivity (Wildman–Crippen MR) is 151 cm³/mol. The summed E-state index contributed by atoms with van der Waals surface area (Å²) < 4.78 is 0. The molecule has 0 bridgehead atoms. The lowest BCUT2D eigenvalue weighted by Gasteiger charge is -2.28. The Morgan fingerprint density at radius 2 is 0.452 bits per heavy atom. The molecule has 0 unspecified atom stereocenters. The molecule has 0 atom stereocenters. The predicted octanol–water partition coefficient (Wildman–Crippen LogP) is 11.7. The summed E-state index contributed by atoms with van der Waals surface area (Å²) in [6.07, 6.45) is 39.1. The summed E-state index contributed by atoms with van der Waals surface area (Å²) in [6.45, 7) is 9.40. The molecule has 0 aromatic carbocycles. The summed E-state index contributed by atoms with van der Waals surface area (Å²) >= 11 is 0. The molecule has 0 heterocycles. The van der Waals surface area contributed by atoms with Gasteiger partial charge in [-0.2, -0.15) is 0 Å². The van der Waals surface area contributed by atoms with E-state index in [1.54, 1.807) is 50.3 Å². The van der Waals surface area contributed by atoms with Crippen molar-refractivity contribution >= 4 is 7.26 Å². The highest BCUT2D eigenvalue weighted by Crippen LogP contribution is 2.61. The fourth-order valence-electron chi connectivity index (χ4n) is 5.23. The van der Waals surface area contributed by atoms with E-state index < -0.39 is 7.26 Å². The Balaban J connectivity index is 4.61. The molecule has 188 valence electrons. The van der Waals surface area contributed by atoms with Crippen LogP contribution in [0.5, 0.6) is 0 Å². The van der Waals surface area contributed by atoms with E-state index in [4.69, 9.17) is 0 Å². The van der Waals surface area contributed by atoms with Crippen molar-refractivity contribution in [3.8, 4) is 0 Å². The Kier molecular flexibility index (Phi) is 25.4. The zero-order valence-corrected chi connectivity index (χ0v) is 23.7. The van der Waals surface area contributed by atoms with Gasteiger partial charge in [-0.05, 0) is 51.4 Å². The van der Waals surface area contributed by atoms with E-state index in [0.717, 1.165) is 0 Å². The van der Waals surface area contributed by atoms with Crippen molar-refractivity contribution < 1.29 is 0 Å². The highest BCUT2D eigenvalue weighted by Gasteiger charge is 2.34. The van der Waals surface area contributed by atoms with Gasteiger partial charge >= 0.3 is 0 Å². The van der Waals surface area contributed by atoms with Gasteiger partial charge < -0.3 is 0 Å². The van der Waals surface area contributed by atoms with Crippen molar-refractivity contribution in [2.24, 2.45) is 0 Å². The van der Waals surface area contributed by atoms with Crippen molar-refractivity contribution in [2.45, 2.75) is 169 Å². The minimum absolute atomic E-state index is 0.699. The summed E-state index contributed by atoms with van der Waals surface area (Å²) in [7, 11) is -0.699. The van der Waals surface area contributed by atoms with Crippen LogP contribution in [0.2, 0.25) is 0 Å². The van der Waals surface area contributed by atoms with Gasteiger partial charge in [-0.1, -0.05) is 118 Å². The van der Waals surface area contributed by atoms with Gasteiger partial charge in [-0.3, -0.25) is 0 Å². The van der Waals surface area contributed by atoms with Gasteiger partial charge in [0, 0.05) is 7.26 Å². The SMILES string of the molecule is CCCCCCCCC[P+](CCCCCC)(CCCCCC)CCCCCCCCC. The van der Waals surface area contributed by atoms with Crippen molar-refractivity contribution in [2.75, 3.05) is 24.6 Å². The van der Waals surface area contributed by atoms with Crippen LogP contribution in [0.25, 0.3) is 0 Å². The van der Waals surface area contributed by atoms with E-state index in [1.165, 1.54) is 116 Å². The third kappa shape index (κ3) is 20.7. The smallest absolute Gasteiger partial charge is 0.0594 e. The summed E-state index contributed by atoms with van der Waals surface area (Å²) in [5.41, 5.74) is 0. The maximum absolute atomic E-state index is 2.37. The van der Waals surface area contributed by atoms with Crippen molar-refractivity contribution in [1.29, 1.82) is 0 Å². The van der Waals surface area contributed by atoms with Crippen LogP contribution in [0.15, 0.2) is 0 Å². The molecule has 0 radical (unpaired) electrons. The molecule has 0 fully saturated rings. The molecule has 0 aromatic rings. The molecule has 31 heavy (non-hydrogen) atoms. The molecule has 0 aliphatic heterocycles. The molecule has 0 aliphatic rings.